The van der Waals surface area contributed by atoms with Crippen molar-refractivity contribution < 1.29 is 21.6 Å². The highest BCUT2D eigenvalue weighted by Gasteiger charge is 2.48. The van der Waals surface area contributed by atoms with Gasteiger partial charge >= 0.3 is 6.18 Å². The van der Waals surface area contributed by atoms with Crippen molar-refractivity contribution in [2.75, 3.05) is 6.54 Å². The molecule has 0 saturated heterocycles. The van der Waals surface area contributed by atoms with Crippen LogP contribution in [0.15, 0.2) is 47.9 Å². The highest BCUT2D eigenvalue weighted by molar-refractivity contribution is 7.89. The number of halogens is 4. The summed E-state index contributed by atoms with van der Waals surface area (Å²) in [5, 5.41) is 0.252. The van der Waals surface area contributed by atoms with Gasteiger partial charge in [-0.3, -0.25) is 0 Å². The zero-order chi connectivity index (χ0) is 18.0. The molecule has 0 aliphatic heterocycles. The summed E-state index contributed by atoms with van der Waals surface area (Å²) in [6, 6.07) is 2.52. The summed E-state index contributed by atoms with van der Waals surface area (Å²) in [5.74, 6) is 0. The fourth-order valence-electron chi connectivity index (χ4n) is 2.21. The minimum absolute atomic E-state index is 0.228. The van der Waals surface area contributed by atoms with Crippen LogP contribution in [0.2, 0.25) is 5.02 Å². The molecule has 0 radical (unpaired) electrons. The van der Waals surface area contributed by atoms with E-state index in [0.717, 1.165) is 30.9 Å². The molecule has 0 unspecified atom stereocenters. The van der Waals surface area contributed by atoms with Crippen molar-refractivity contribution in [3.8, 4) is 0 Å². The number of hydrogen-bond acceptors (Lipinski definition) is 4. The molecule has 10 heteroatoms. The molecule has 0 spiro atoms. The van der Waals surface area contributed by atoms with Crippen LogP contribution in [0.1, 0.15) is 18.5 Å². The minimum atomic E-state index is -4.81. The lowest BCUT2D eigenvalue weighted by molar-refractivity contribution is -0.173. The predicted molar refractivity (Wildman–Crippen MR) is 81.8 cm³/mol. The van der Waals surface area contributed by atoms with E-state index in [1.54, 1.807) is 0 Å². The number of nitrogens with zero attached hydrogens (tertiary/aromatic N) is 3. The van der Waals surface area contributed by atoms with Crippen LogP contribution < -0.4 is 0 Å². The molecule has 1 aromatic heterocycles. The average molecular weight is 380 g/mol. The summed E-state index contributed by atoms with van der Waals surface area (Å²) in [6.07, 6.45) is -1.80. The number of benzene rings is 1. The van der Waals surface area contributed by atoms with Crippen LogP contribution in [-0.4, -0.2) is 35.4 Å². The summed E-state index contributed by atoms with van der Waals surface area (Å²) >= 11 is 5.70. The maximum atomic E-state index is 13.6. The summed E-state index contributed by atoms with van der Waals surface area (Å²) in [5.41, 5.74) is -0.228. The van der Waals surface area contributed by atoms with E-state index in [9.17, 15) is 21.6 Å². The van der Waals surface area contributed by atoms with Crippen molar-refractivity contribution in [1.29, 1.82) is 0 Å². The zero-order valence-corrected chi connectivity index (χ0v) is 14.0. The molecule has 130 valence electrons. The molecule has 1 atom stereocenters. The van der Waals surface area contributed by atoms with E-state index in [1.807, 2.05) is 0 Å². The molecule has 2 rings (SSSR count). The molecule has 0 N–H and O–H groups in total. The lowest BCUT2D eigenvalue weighted by atomic mass is 10.1. The Balaban J connectivity index is 2.57. The molecule has 1 aromatic carbocycles. The Morgan fingerprint density at radius 1 is 1.17 bits per heavy atom. The van der Waals surface area contributed by atoms with Crippen LogP contribution in [0.3, 0.4) is 0 Å². The quantitative estimate of drug-likeness (QED) is 0.798. The second-order valence-electron chi connectivity index (χ2n) is 4.78. The first kappa shape index (κ1) is 18.6. The molecule has 2 aromatic rings. The van der Waals surface area contributed by atoms with Crippen LogP contribution in [-0.2, 0) is 10.0 Å². The molecule has 5 nitrogen and oxygen atoms in total. The van der Waals surface area contributed by atoms with Crippen molar-refractivity contribution in [3.05, 3.63) is 53.6 Å². The fourth-order valence-corrected chi connectivity index (χ4v) is 3.85. The third-order valence-corrected chi connectivity index (χ3v) is 5.38. The van der Waals surface area contributed by atoms with E-state index in [-0.39, 0.29) is 17.1 Å². The predicted octanol–water partition coefficient (Wildman–Crippen LogP) is 3.44. The molecule has 0 aliphatic rings. The van der Waals surface area contributed by atoms with Crippen LogP contribution >= 0.6 is 11.6 Å². The topological polar surface area (TPSA) is 63.2 Å². The Morgan fingerprint density at radius 3 is 2.17 bits per heavy atom. The van der Waals surface area contributed by atoms with E-state index in [0.29, 0.717) is 4.31 Å². The van der Waals surface area contributed by atoms with Crippen LogP contribution in [0.25, 0.3) is 0 Å². The van der Waals surface area contributed by atoms with Gasteiger partial charge in [0.05, 0.1) is 12.4 Å². The Morgan fingerprint density at radius 2 is 1.71 bits per heavy atom. The Labute approximate surface area is 142 Å². The molecular weight excluding hydrogens is 367 g/mol. The molecular formula is C14H13ClF3N3O2S. The second-order valence-corrected chi connectivity index (χ2v) is 7.11. The zero-order valence-electron chi connectivity index (χ0n) is 12.4. The largest absolute Gasteiger partial charge is 0.409 e. The number of aromatic nitrogens is 2. The van der Waals surface area contributed by atoms with Gasteiger partial charge in [0.15, 0.2) is 0 Å². The lowest BCUT2D eigenvalue weighted by Gasteiger charge is -2.31. The summed E-state index contributed by atoms with van der Waals surface area (Å²) in [7, 11) is -4.44. The van der Waals surface area contributed by atoms with Crippen LogP contribution in [0, 0.1) is 0 Å². The van der Waals surface area contributed by atoms with E-state index >= 15 is 0 Å². The van der Waals surface area contributed by atoms with Crippen molar-refractivity contribution in [1.82, 2.24) is 14.3 Å². The second kappa shape index (κ2) is 7.04. The van der Waals surface area contributed by atoms with Gasteiger partial charge in [-0.2, -0.15) is 17.5 Å². The van der Waals surface area contributed by atoms with Crippen molar-refractivity contribution in [3.63, 3.8) is 0 Å². The normalized spacial score (nSPS) is 13.9. The molecule has 1 heterocycles. The first-order valence-electron chi connectivity index (χ1n) is 6.77. The smallest absolute Gasteiger partial charge is 0.243 e. The number of rotatable bonds is 5. The van der Waals surface area contributed by atoms with E-state index in [2.05, 4.69) is 9.97 Å². The van der Waals surface area contributed by atoms with Gasteiger partial charge in [0.1, 0.15) is 17.3 Å². The molecule has 24 heavy (non-hydrogen) atoms. The van der Waals surface area contributed by atoms with E-state index in [4.69, 9.17) is 11.6 Å². The standard InChI is InChI=1S/C14H13ClF3N3O2S/c1-2-21(24(22,23)12-7-19-9-20-8-12)13(14(16,17)18)10-3-5-11(15)6-4-10/h3-9,13H,2H2,1H3/t13-/m1/s1. The molecule has 0 aliphatic carbocycles. The number of sulfonamides is 1. The monoisotopic (exact) mass is 379 g/mol. The maximum absolute atomic E-state index is 13.6. The molecule has 0 fully saturated rings. The number of alkyl halides is 3. The number of hydrogen-bond donors (Lipinski definition) is 0. The third-order valence-electron chi connectivity index (χ3n) is 3.24. The first-order chi connectivity index (χ1) is 11.2. The summed E-state index contributed by atoms with van der Waals surface area (Å²) in [4.78, 5) is 6.71. The van der Waals surface area contributed by atoms with Gasteiger partial charge in [0.2, 0.25) is 10.0 Å². The fraction of sp³-hybridized carbons (Fsp3) is 0.286. The van der Waals surface area contributed by atoms with E-state index < -0.39 is 27.1 Å². The Bertz CT molecular complexity index is 783. The maximum Gasteiger partial charge on any atom is 0.409 e. The Hall–Kier alpha value is -1.71. The first-order valence-corrected chi connectivity index (χ1v) is 8.58. The molecule has 0 saturated carbocycles. The van der Waals surface area contributed by atoms with E-state index in [1.165, 1.54) is 19.1 Å². The lowest BCUT2D eigenvalue weighted by Crippen LogP contribution is -2.42. The van der Waals surface area contributed by atoms with Gasteiger partial charge < -0.3 is 0 Å². The highest BCUT2D eigenvalue weighted by atomic mass is 35.5. The van der Waals surface area contributed by atoms with Gasteiger partial charge in [-0.15, -0.1) is 0 Å². The van der Waals surface area contributed by atoms with Gasteiger partial charge in [-0.05, 0) is 17.7 Å². The van der Waals surface area contributed by atoms with Gasteiger partial charge in [-0.1, -0.05) is 30.7 Å². The van der Waals surface area contributed by atoms with Crippen molar-refractivity contribution >= 4 is 21.6 Å². The van der Waals surface area contributed by atoms with Gasteiger partial charge in [-0.25, -0.2) is 18.4 Å². The Kier molecular flexibility index (Phi) is 5.46. The SMILES string of the molecule is CCN([C@H](c1ccc(Cl)cc1)C(F)(F)F)S(=O)(=O)c1cncnc1. The third kappa shape index (κ3) is 3.85. The van der Waals surface area contributed by atoms with Gasteiger partial charge in [0, 0.05) is 11.6 Å². The highest BCUT2D eigenvalue weighted by Crippen LogP contribution is 2.40. The molecule has 0 bridgehead atoms. The minimum Gasteiger partial charge on any atom is -0.243 e. The van der Waals surface area contributed by atoms with Crippen molar-refractivity contribution in [2.24, 2.45) is 0 Å². The van der Waals surface area contributed by atoms with Gasteiger partial charge in [0.25, 0.3) is 0 Å². The van der Waals surface area contributed by atoms with Crippen LogP contribution in [0.4, 0.5) is 13.2 Å². The van der Waals surface area contributed by atoms with Crippen molar-refractivity contribution in [2.45, 2.75) is 24.0 Å². The average Bonchev–Trinajstić information content (AvgIpc) is 2.53. The summed E-state index contributed by atoms with van der Waals surface area (Å²) in [6.45, 7) is 0.944. The van der Waals surface area contributed by atoms with Crippen LogP contribution in [0.5, 0.6) is 0 Å². The summed E-state index contributed by atoms with van der Waals surface area (Å²) < 4.78 is 66.5. The molecule has 0 amide bonds.